The van der Waals surface area contributed by atoms with Crippen LogP contribution in [0.25, 0.3) is 0 Å². The van der Waals surface area contributed by atoms with E-state index in [1.165, 1.54) is 6.07 Å². The molecule has 0 aromatic heterocycles. The lowest BCUT2D eigenvalue weighted by atomic mass is 10.1. The van der Waals surface area contributed by atoms with Gasteiger partial charge in [0.25, 0.3) is 0 Å². The molecule has 0 unspecified atom stereocenters. The number of carboxylic acids is 1. The van der Waals surface area contributed by atoms with Gasteiger partial charge in [0.1, 0.15) is 0 Å². The molecule has 1 rings (SSSR count). The highest BCUT2D eigenvalue weighted by Crippen LogP contribution is 2.33. The van der Waals surface area contributed by atoms with Gasteiger partial charge in [0.05, 0.1) is 17.7 Å². The van der Waals surface area contributed by atoms with Gasteiger partial charge < -0.3 is 15.5 Å². The SMILES string of the molecule is O=C(O)c1ccc(NCCO)cc1C(F)(F)F. The fourth-order valence-corrected chi connectivity index (χ4v) is 1.28. The van der Waals surface area contributed by atoms with Crippen LogP contribution < -0.4 is 5.32 Å². The van der Waals surface area contributed by atoms with Gasteiger partial charge in [-0.2, -0.15) is 13.2 Å². The maximum Gasteiger partial charge on any atom is 0.417 e. The first kappa shape index (κ1) is 13.3. The van der Waals surface area contributed by atoms with Crippen LogP contribution in [0.3, 0.4) is 0 Å². The molecular weight excluding hydrogens is 239 g/mol. The normalized spacial score (nSPS) is 11.3. The molecule has 3 N–H and O–H groups in total. The van der Waals surface area contributed by atoms with E-state index < -0.39 is 23.3 Å². The summed E-state index contributed by atoms with van der Waals surface area (Å²) in [5.74, 6) is -1.63. The summed E-state index contributed by atoms with van der Waals surface area (Å²) in [6.45, 7) is -0.147. The van der Waals surface area contributed by atoms with Gasteiger partial charge in [-0.3, -0.25) is 0 Å². The van der Waals surface area contributed by atoms with Crippen molar-refractivity contribution in [3.63, 3.8) is 0 Å². The third-order valence-electron chi connectivity index (χ3n) is 2.00. The predicted molar refractivity (Wildman–Crippen MR) is 54.0 cm³/mol. The van der Waals surface area contributed by atoms with Crippen molar-refractivity contribution in [2.24, 2.45) is 0 Å². The molecule has 0 spiro atoms. The Labute approximate surface area is 94.7 Å². The monoisotopic (exact) mass is 249 g/mol. The van der Waals surface area contributed by atoms with Crippen molar-refractivity contribution in [1.82, 2.24) is 0 Å². The molecule has 7 heteroatoms. The summed E-state index contributed by atoms with van der Waals surface area (Å²) in [5, 5.41) is 19.7. The largest absolute Gasteiger partial charge is 0.478 e. The third kappa shape index (κ3) is 3.35. The van der Waals surface area contributed by atoms with Crippen molar-refractivity contribution in [2.75, 3.05) is 18.5 Å². The Morgan fingerprint density at radius 2 is 2.00 bits per heavy atom. The zero-order valence-corrected chi connectivity index (χ0v) is 8.58. The molecule has 0 fully saturated rings. The molecule has 0 aliphatic carbocycles. The molecule has 0 radical (unpaired) electrons. The first-order valence-electron chi connectivity index (χ1n) is 4.65. The van der Waals surface area contributed by atoms with Crippen LogP contribution in [0.5, 0.6) is 0 Å². The number of anilines is 1. The van der Waals surface area contributed by atoms with Gasteiger partial charge in [0, 0.05) is 12.2 Å². The van der Waals surface area contributed by atoms with Crippen LogP contribution in [-0.4, -0.2) is 29.3 Å². The number of benzene rings is 1. The number of carbonyl (C=O) groups is 1. The van der Waals surface area contributed by atoms with E-state index in [0.29, 0.717) is 6.07 Å². The molecule has 0 amide bonds. The van der Waals surface area contributed by atoms with E-state index in [9.17, 15) is 18.0 Å². The summed E-state index contributed by atoms with van der Waals surface area (Å²) in [6, 6.07) is 2.80. The molecule has 0 bridgehead atoms. The lowest BCUT2D eigenvalue weighted by Crippen LogP contribution is -2.14. The van der Waals surface area contributed by atoms with Crippen LogP contribution in [0.2, 0.25) is 0 Å². The Hall–Kier alpha value is -1.76. The van der Waals surface area contributed by atoms with E-state index in [-0.39, 0.29) is 18.8 Å². The first-order chi connectivity index (χ1) is 7.86. The van der Waals surface area contributed by atoms with Crippen LogP contribution in [0.4, 0.5) is 18.9 Å². The molecule has 0 heterocycles. The second kappa shape index (κ2) is 5.05. The lowest BCUT2D eigenvalue weighted by molar-refractivity contribution is -0.138. The average molecular weight is 249 g/mol. The molecular formula is C10H10F3NO3. The maximum absolute atomic E-state index is 12.6. The molecule has 0 saturated heterocycles. The highest BCUT2D eigenvalue weighted by molar-refractivity contribution is 5.90. The highest BCUT2D eigenvalue weighted by Gasteiger charge is 2.35. The Morgan fingerprint density at radius 3 is 2.47 bits per heavy atom. The van der Waals surface area contributed by atoms with E-state index in [1.807, 2.05) is 0 Å². The van der Waals surface area contributed by atoms with Crippen LogP contribution >= 0.6 is 0 Å². The zero-order chi connectivity index (χ0) is 13.1. The molecule has 0 saturated carbocycles. The van der Waals surface area contributed by atoms with Gasteiger partial charge >= 0.3 is 12.1 Å². The number of aliphatic hydroxyl groups is 1. The summed E-state index contributed by atoms with van der Waals surface area (Å²) in [6.07, 6.45) is -4.73. The van der Waals surface area contributed by atoms with Crippen LogP contribution in [0.1, 0.15) is 15.9 Å². The second-order valence-electron chi connectivity index (χ2n) is 3.21. The summed E-state index contributed by atoms with van der Waals surface area (Å²) < 4.78 is 37.7. The first-order valence-corrected chi connectivity index (χ1v) is 4.65. The molecule has 0 aliphatic heterocycles. The number of aromatic carboxylic acids is 1. The van der Waals surface area contributed by atoms with Gasteiger partial charge in [-0.15, -0.1) is 0 Å². The second-order valence-corrected chi connectivity index (χ2v) is 3.21. The Balaban J connectivity index is 3.15. The van der Waals surface area contributed by atoms with Crippen molar-refractivity contribution < 1.29 is 28.2 Å². The molecule has 4 nitrogen and oxygen atoms in total. The fraction of sp³-hybridized carbons (Fsp3) is 0.300. The summed E-state index contributed by atoms with van der Waals surface area (Å²) in [7, 11) is 0. The van der Waals surface area contributed by atoms with E-state index in [1.54, 1.807) is 0 Å². The highest BCUT2D eigenvalue weighted by atomic mass is 19.4. The number of alkyl halides is 3. The van der Waals surface area contributed by atoms with Crippen molar-refractivity contribution in [3.8, 4) is 0 Å². The number of hydrogen-bond acceptors (Lipinski definition) is 3. The quantitative estimate of drug-likeness (QED) is 0.761. The van der Waals surface area contributed by atoms with Crippen molar-refractivity contribution in [3.05, 3.63) is 29.3 Å². The molecule has 0 atom stereocenters. The smallest absolute Gasteiger partial charge is 0.417 e. The summed E-state index contributed by atoms with van der Waals surface area (Å²) >= 11 is 0. The minimum atomic E-state index is -4.73. The van der Waals surface area contributed by atoms with E-state index in [4.69, 9.17) is 10.2 Å². The van der Waals surface area contributed by atoms with Gasteiger partial charge in [-0.25, -0.2) is 4.79 Å². The number of aliphatic hydroxyl groups excluding tert-OH is 1. The molecule has 1 aromatic rings. The van der Waals surface area contributed by atoms with Gasteiger partial charge in [-0.05, 0) is 18.2 Å². The number of halogens is 3. The Kier molecular flexibility index (Phi) is 3.95. The zero-order valence-electron chi connectivity index (χ0n) is 8.58. The molecule has 0 aliphatic rings. The number of rotatable bonds is 4. The lowest BCUT2D eigenvalue weighted by Gasteiger charge is -2.12. The third-order valence-corrected chi connectivity index (χ3v) is 2.00. The predicted octanol–water partition coefficient (Wildman–Crippen LogP) is 1.81. The van der Waals surface area contributed by atoms with Gasteiger partial charge in [0.2, 0.25) is 0 Å². The van der Waals surface area contributed by atoms with E-state index in [2.05, 4.69) is 5.32 Å². The molecule has 1 aromatic carbocycles. The minimum Gasteiger partial charge on any atom is -0.478 e. The van der Waals surface area contributed by atoms with Gasteiger partial charge in [0.15, 0.2) is 0 Å². The van der Waals surface area contributed by atoms with Crippen molar-refractivity contribution in [2.45, 2.75) is 6.18 Å². The Morgan fingerprint density at radius 1 is 1.35 bits per heavy atom. The van der Waals surface area contributed by atoms with Crippen LogP contribution in [0, 0.1) is 0 Å². The minimum absolute atomic E-state index is 0.0870. The van der Waals surface area contributed by atoms with Gasteiger partial charge in [-0.1, -0.05) is 0 Å². The standard InChI is InChI=1S/C10H10F3NO3/c11-10(12,13)8-5-6(14-3-4-15)1-2-7(8)9(16)17/h1-2,5,14-15H,3-4H2,(H,16,17). The number of carboxylic acid groups (broad SMARTS) is 1. The average Bonchev–Trinajstić information content (AvgIpc) is 2.24. The summed E-state index contributed by atoms with van der Waals surface area (Å²) in [5.41, 5.74) is -1.91. The number of nitrogens with one attached hydrogen (secondary N) is 1. The number of hydrogen-bond donors (Lipinski definition) is 3. The van der Waals surface area contributed by atoms with Crippen LogP contribution in [0.15, 0.2) is 18.2 Å². The molecule has 94 valence electrons. The van der Waals surface area contributed by atoms with Crippen LogP contribution in [-0.2, 0) is 6.18 Å². The molecule has 17 heavy (non-hydrogen) atoms. The Bertz CT molecular complexity index is 418. The maximum atomic E-state index is 12.6. The topological polar surface area (TPSA) is 69.6 Å². The van der Waals surface area contributed by atoms with Crippen molar-refractivity contribution in [1.29, 1.82) is 0 Å². The fourth-order valence-electron chi connectivity index (χ4n) is 1.28. The van der Waals surface area contributed by atoms with E-state index in [0.717, 1.165) is 6.07 Å². The summed E-state index contributed by atoms with van der Waals surface area (Å²) in [4.78, 5) is 10.6. The van der Waals surface area contributed by atoms with E-state index >= 15 is 0 Å². The van der Waals surface area contributed by atoms with Crippen molar-refractivity contribution >= 4 is 11.7 Å².